The number of halogens is 1. The molecule has 0 atom stereocenters. The lowest BCUT2D eigenvalue weighted by Gasteiger charge is -2.23. The summed E-state index contributed by atoms with van der Waals surface area (Å²) >= 11 is 6.15. The fraction of sp³-hybridized carbons (Fsp3) is 0.500. The Morgan fingerprint density at radius 1 is 1.43 bits per heavy atom. The van der Waals surface area contributed by atoms with Crippen LogP contribution in [0.2, 0.25) is 5.02 Å². The summed E-state index contributed by atoms with van der Waals surface area (Å²) in [6.45, 7) is 11.2. The van der Waals surface area contributed by atoms with Gasteiger partial charge in [0, 0.05) is 29.2 Å². The summed E-state index contributed by atoms with van der Waals surface area (Å²) in [5.74, 6) is 0.329. The molecule has 116 valence electrons. The van der Waals surface area contributed by atoms with Gasteiger partial charge < -0.3 is 5.32 Å². The minimum Gasteiger partial charge on any atom is -0.308 e. The van der Waals surface area contributed by atoms with Gasteiger partial charge in [-0.2, -0.15) is 0 Å². The topological polar surface area (TPSA) is 55.2 Å². The highest BCUT2D eigenvalue weighted by molar-refractivity contribution is 6.32. The third kappa shape index (κ3) is 5.86. The highest BCUT2D eigenvalue weighted by Crippen LogP contribution is 2.25. The number of nitro benzene ring substituents is 1. The van der Waals surface area contributed by atoms with E-state index in [4.69, 9.17) is 11.6 Å². The zero-order valence-corrected chi connectivity index (χ0v) is 14.0. The lowest BCUT2D eigenvalue weighted by Crippen LogP contribution is -2.37. The first-order valence-corrected chi connectivity index (χ1v) is 7.37. The molecule has 0 aliphatic heterocycles. The van der Waals surface area contributed by atoms with Crippen molar-refractivity contribution in [1.29, 1.82) is 0 Å². The number of nitro groups is 1. The SMILES string of the molecule is CC(C)C(=Cc1cc([N+](=O)[O-])ccc1Cl)CNC(C)(C)C. The van der Waals surface area contributed by atoms with E-state index >= 15 is 0 Å². The number of rotatable bonds is 5. The molecule has 0 unspecified atom stereocenters. The lowest BCUT2D eigenvalue weighted by atomic mass is 9.98. The van der Waals surface area contributed by atoms with Gasteiger partial charge in [-0.15, -0.1) is 0 Å². The van der Waals surface area contributed by atoms with Crippen molar-refractivity contribution < 1.29 is 4.92 Å². The Labute approximate surface area is 131 Å². The van der Waals surface area contributed by atoms with Crippen LogP contribution in [0, 0.1) is 16.0 Å². The van der Waals surface area contributed by atoms with Gasteiger partial charge >= 0.3 is 0 Å². The fourth-order valence-electron chi connectivity index (χ4n) is 1.74. The van der Waals surface area contributed by atoms with Crippen molar-refractivity contribution in [2.24, 2.45) is 5.92 Å². The van der Waals surface area contributed by atoms with Crippen LogP contribution in [0.5, 0.6) is 0 Å². The van der Waals surface area contributed by atoms with E-state index in [2.05, 4.69) is 39.9 Å². The van der Waals surface area contributed by atoms with Crippen molar-refractivity contribution in [2.75, 3.05) is 6.54 Å². The van der Waals surface area contributed by atoms with Gasteiger partial charge in [0.1, 0.15) is 0 Å². The van der Waals surface area contributed by atoms with Crippen LogP contribution in [-0.4, -0.2) is 17.0 Å². The fourth-order valence-corrected chi connectivity index (χ4v) is 1.92. The van der Waals surface area contributed by atoms with Crippen molar-refractivity contribution >= 4 is 23.4 Å². The molecule has 0 aromatic heterocycles. The zero-order chi connectivity index (χ0) is 16.2. The van der Waals surface area contributed by atoms with Gasteiger partial charge in [-0.1, -0.05) is 37.1 Å². The molecule has 0 bridgehead atoms. The van der Waals surface area contributed by atoms with Crippen molar-refractivity contribution in [2.45, 2.75) is 40.2 Å². The number of benzene rings is 1. The number of non-ortho nitro benzene ring substituents is 1. The van der Waals surface area contributed by atoms with Gasteiger partial charge in [-0.05, 0) is 38.3 Å². The van der Waals surface area contributed by atoms with Gasteiger partial charge in [0.25, 0.3) is 5.69 Å². The molecule has 0 aliphatic carbocycles. The molecule has 21 heavy (non-hydrogen) atoms. The molecule has 0 radical (unpaired) electrons. The Morgan fingerprint density at radius 3 is 2.52 bits per heavy atom. The second kappa shape index (κ2) is 7.05. The number of nitrogens with one attached hydrogen (secondary N) is 1. The number of hydrogen-bond acceptors (Lipinski definition) is 3. The molecular weight excluding hydrogens is 288 g/mol. The second-order valence-corrected chi connectivity index (χ2v) is 6.85. The predicted octanol–water partition coefficient (Wildman–Crippen LogP) is 4.68. The minimum atomic E-state index is -0.407. The van der Waals surface area contributed by atoms with Gasteiger partial charge in [0.05, 0.1) is 4.92 Å². The summed E-state index contributed by atoms with van der Waals surface area (Å²) < 4.78 is 0. The molecule has 0 fully saturated rings. The molecule has 1 rings (SSSR count). The molecule has 1 aromatic carbocycles. The Morgan fingerprint density at radius 2 is 2.05 bits per heavy atom. The van der Waals surface area contributed by atoms with Crippen molar-refractivity contribution in [3.8, 4) is 0 Å². The maximum atomic E-state index is 10.9. The Kier molecular flexibility index (Phi) is 5.93. The van der Waals surface area contributed by atoms with Crippen LogP contribution in [0.25, 0.3) is 6.08 Å². The highest BCUT2D eigenvalue weighted by atomic mass is 35.5. The Bertz CT molecular complexity index is 546. The first-order chi connectivity index (χ1) is 9.60. The monoisotopic (exact) mass is 310 g/mol. The van der Waals surface area contributed by atoms with E-state index in [-0.39, 0.29) is 11.2 Å². The number of hydrogen-bond donors (Lipinski definition) is 1. The van der Waals surface area contributed by atoms with E-state index in [1.807, 2.05) is 6.08 Å². The molecule has 0 spiro atoms. The van der Waals surface area contributed by atoms with Crippen LogP contribution < -0.4 is 5.32 Å². The normalized spacial score (nSPS) is 12.8. The van der Waals surface area contributed by atoms with E-state index in [1.54, 1.807) is 6.07 Å². The van der Waals surface area contributed by atoms with Crippen LogP contribution in [0.4, 0.5) is 5.69 Å². The number of nitrogens with zero attached hydrogens (tertiary/aromatic N) is 1. The molecular formula is C16H23ClN2O2. The smallest absolute Gasteiger partial charge is 0.270 e. The first-order valence-electron chi connectivity index (χ1n) is 6.99. The Balaban J connectivity index is 3.10. The lowest BCUT2D eigenvalue weighted by molar-refractivity contribution is -0.384. The molecule has 1 aromatic rings. The third-order valence-corrected chi connectivity index (χ3v) is 3.44. The molecule has 4 nitrogen and oxygen atoms in total. The van der Waals surface area contributed by atoms with Crippen molar-refractivity contribution in [3.05, 3.63) is 44.5 Å². The minimum absolute atomic E-state index is 0.0143. The summed E-state index contributed by atoms with van der Waals surface area (Å²) in [6.07, 6.45) is 1.94. The molecule has 0 saturated carbocycles. The summed E-state index contributed by atoms with van der Waals surface area (Å²) in [4.78, 5) is 10.5. The van der Waals surface area contributed by atoms with E-state index in [9.17, 15) is 10.1 Å². The molecule has 0 saturated heterocycles. The summed E-state index contributed by atoms with van der Waals surface area (Å²) in [5.41, 5.74) is 1.91. The largest absolute Gasteiger partial charge is 0.308 e. The second-order valence-electron chi connectivity index (χ2n) is 6.44. The van der Waals surface area contributed by atoms with Crippen LogP contribution >= 0.6 is 11.6 Å². The van der Waals surface area contributed by atoms with E-state index in [0.29, 0.717) is 16.5 Å². The molecule has 0 heterocycles. The van der Waals surface area contributed by atoms with Crippen LogP contribution in [0.3, 0.4) is 0 Å². The Hall–Kier alpha value is -1.39. The first kappa shape index (κ1) is 17.7. The molecule has 5 heteroatoms. The maximum Gasteiger partial charge on any atom is 0.270 e. The molecule has 0 amide bonds. The predicted molar refractivity (Wildman–Crippen MR) is 88.7 cm³/mol. The zero-order valence-electron chi connectivity index (χ0n) is 13.2. The van der Waals surface area contributed by atoms with Gasteiger partial charge in [0.2, 0.25) is 0 Å². The van der Waals surface area contributed by atoms with Gasteiger partial charge in [-0.3, -0.25) is 10.1 Å². The van der Waals surface area contributed by atoms with Crippen molar-refractivity contribution in [3.63, 3.8) is 0 Å². The van der Waals surface area contributed by atoms with Crippen LogP contribution in [0.1, 0.15) is 40.2 Å². The van der Waals surface area contributed by atoms with Crippen LogP contribution in [0.15, 0.2) is 23.8 Å². The highest BCUT2D eigenvalue weighted by Gasteiger charge is 2.13. The summed E-state index contributed by atoms with van der Waals surface area (Å²) in [6, 6.07) is 4.50. The molecule has 1 N–H and O–H groups in total. The maximum absolute atomic E-state index is 10.9. The van der Waals surface area contributed by atoms with Gasteiger partial charge in [0.15, 0.2) is 0 Å². The van der Waals surface area contributed by atoms with Crippen molar-refractivity contribution in [1.82, 2.24) is 5.32 Å². The average Bonchev–Trinajstić information content (AvgIpc) is 2.34. The molecule has 0 aliphatic rings. The summed E-state index contributed by atoms with van der Waals surface area (Å²) in [7, 11) is 0. The third-order valence-electron chi connectivity index (χ3n) is 3.10. The van der Waals surface area contributed by atoms with Gasteiger partial charge in [-0.25, -0.2) is 0 Å². The van der Waals surface area contributed by atoms with Crippen LogP contribution in [-0.2, 0) is 0 Å². The average molecular weight is 311 g/mol. The van der Waals surface area contributed by atoms with E-state index in [0.717, 1.165) is 12.1 Å². The standard InChI is InChI=1S/C16H23ClN2O2/c1-11(2)13(10-18-16(3,4)5)8-12-9-14(19(20)21)6-7-15(12)17/h6-9,11,18H,10H2,1-5H3. The van der Waals surface area contributed by atoms with E-state index in [1.165, 1.54) is 12.1 Å². The van der Waals surface area contributed by atoms with E-state index < -0.39 is 4.92 Å². The summed E-state index contributed by atoms with van der Waals surface area (Å²) in [5, 5.41) is 14.8. The quantitative estimate of drug-likeness (QED) is 0.635.